The van der Waals surface area contributed by atoms with Crippen molar-refractivity contribution in [3.8, 4) is 0 Å². The van der Waals surface area contributed by atoms with Crippen LogP contribution < -0.4 is 0 Å². The monoisotopic (exact) mass is 262 g/mol. The van der Waals surface area contributed by atoms with E-state index in [4.69, 9.17) is 4.74 Å². The molecule has 0 amide bonds. The third-order valence-corrected chi connectivity index (χ3v) is 2.57. The molecule has 0 atom stereocenters. The zero-order chi connectivity index (χ0) is 13.7. The predicted octanol–water partition coefficient (Wildman–Crippen LogP) is 3.25. The summed E-state index contributed by atoms with van der Waals surface area (Å²) in [5.41, 5.74) is 1.40. The summed E-state index contributed by atoms with van der Waals surface area (Å²) in [4.78, 5) is 11.5. The molecule has 0 radical (unpaired) electrons. The van der Waals surface area contributed by atoms with Crippen molar-refractivity contribution in [2.45, 2.75) is 13.0 Å². The summed E-state index contributed by atoms with van der Waals surface area (Å²) in [6.45, 7) is 0.0975. The van der Waals surface area contributed by atoms with Crippen LogP contribution in [0.4, 0.5) is 8.78 Å². The Hall–Kier alpha value is -2.23. The van der Waals surface area contributed by atoms with E-state index in [0.29, 0.717) is 11.1 Å². The Kier molecular flexibility index (Phi) is 4.23. The van der Waals surface area contributed by atoms with Gasteiger partial charge in [0.2, 0.25) is 0 Å². The van der Waals surface area contributed by atoms with E-state index in [2.05, 4.69) is 0 Å². The van der Waals surface area contributed by atoms with Crippen molar-refractivity contribution in [3.63, 3.8) is 0 Å². The molecule has 0 bridgehead atoms. The molecule has 2 nitrogen and oxygen atoms in total. The van der Waals surface area contributed by atoms with Crippen LogP contribution in [0.1, 0.15) is 11.1 Å². The van der Waals surface area contributed by atoms with Crippen molar-refractivity contribution >= 4 is 5.97 Å². The molecule has 0 aliphatic heterocycles. The van der Waals surface area contributed by atoms with E-state index in [1.54, 1.807) is 12.1 Å². The summed E-state index contributed by atoms with van der Waals surface area (Å²) in [5, 5.41) is 0. The molecule has 0 N–H and O–H groups in total. The van der Waals surface area contributed by atoms with Gasteiger partial charge in [-0.15, -0.1) is 0 Å². The van der Waals surface area contributed by atoms with Crippen LogP contribution in [0.3, 0.4) is 0 Å². The number of rotatable bonds is 4. The van der Waals surface area contributed by atoms with E-state index < -0.39 is 5.97 Å². The lowest BCUT2D eigenvalue weighted by molar-refractivity contribution is -0.144. The van der Waals surface area contributed by atoms with Crippen molar-refractivity contribution in [2.75, 3.05) is 0 Å². The maximum Gasteiger partial charge on any atom is 0.310 e. The van der Waals surface area contributed by atoms with Crippen LogP contribution in [0.5, 0.6) is 0 Å². The smallest absolute Gasteiger partial charge is 0.310 e. The van der Waals surface area contributed by atoms with Gasteiger partial charge in [0.05, 0.1) is 6.42 Å². The van der Waals surface area contributed by atoms with E-state index in [0.717, 1.165) is 0 Å². The average molecular weight is 262 g/mol. The van der Waals surface area contributed by atoms with E-state index in [1.807, 2.05) is 0 Å². The maximum atomic E-state index is 12.7. The highest BCUT2D eigenvalue weighted by Crippen LogP contribution is 2.07. The molecule has 0 spiro atoms. The fourth-order valence-corrected chi connectivity index (χ4v) is 1.56. The van der Waals surface area contributed by atoms with Crippen LogP contribution in [0.15, 0.2) is 48.5 Å². The molecule has 98 valence electrons. The zero-order valence-corrected chi connectivity index (χ0v) is 10.1. The molecular formula is C15H12F2O2. The predicted molar refractivity (Wildman–Crippen MR) is 66.3 cm³/mol. The second-order valence-corrected chi connectivity index (χ2v) is 4.09. The van der Waals surface area contributed by atoms with Gasteiger partial charge >= 0.3 is 5.97 Å². The number of hydrogen-bond acceptors (Lipinski definition) is 2. The highest BCUT2D eigenvalue weighted by Gasteiger charge is 2.05. The summed E-state index contributed by atoms with van der Waals surface area (Å²) in [6.07, 6.45) is 0.0848. The first-order chi connectivity index (χ1) is 9.13. The van der Waals surface area contributed by atoms with Gasteiger partial charge in [-0.05, 0) is 35.4 Å². The fourth-order valence-electron chi connectivity index (χ4n) is 1.56. The van der Waals surface area contributed by atoms with Crippen LogP contribution in [-0.2, 0) is 22.6 Å². The fraction of sp³-hybridized carbons (Fsp3) is 0.133. The lowest BCUT2D eigenvalue weighted by Gasteiger charge is -2.05. The van der Waals surface area contributed by atoms with Gasteiger partial charge in [-0.25, -0.2) is 8.78 Å². The normalized spacial score (nSPS) is 10.2. The SMILES string of the molecule is O=C(Cc1ccc(F)cc1)OCc1ccc(F)cc1. The number of halogens is 2. The van der Waals surface area contributed by atoms with Gasteiger partial charge in [0.15, 0.2) is 0 Å². The molecule has 0 fully saturated rings. The van der Waals surface area contributed by atoms with E-state index in [1.165, 1.54) is 36.4 Å². The lowest BCUT2D eigenvalue weighted by Crippen LogP contribution is -2.08. The Morgan fingerprint density at radius 2 is 1.32 bits per heavy atom. The number of carbonyl (C=O) groups is 1. The topological polar surface area (TPSA) is 26.3 Å². The second kappa shape index (κ2) is 6.09. The van der Waals surface area contributed by atoms with Crippen molar-refractivity contribution < 1.29 is 18.3 Å². The van der Waals surface area contributed by atoms with Crippen molar-refractivity contribution in [1.29, 1.82) is 0 Å². The summed E-state index contributed by atoms with van der Waals surface area (Å²) in [7, 11) is 0. The largest absolute Gasteiger partial charge is 0.461 e. The van der Waals surface area contributed by atoms with E-state index in [9.17, 15) is 13.6 Å². The maximum absolute atomic E-state index is 12.7. The molecule has 4 heteroatoms. The third-order valence-electron chi connectivity index (χ3n) is 2.57. The summed E-state index contributed by atoms with van der Waals surface area (Å²) < 4.78 is 30.4. The molecule has 0 saturated heterocycles. The van der Waals surface area contributed by atoms with Crippen molar-refractivity contribution in [1.82, 2.24) is 0 Å². The first-order valence-electron chi connectivity index (χ1n) is 5.78. The van der Waals surface area contributed by atoms with Crippen LogP contribution >= 0.6 is 0 Å². The second-order valence-electron chi connectivity index (χ2n) is 4.09. The van der Waals surface area contributed by atoms with Gasteiger partial charge in [-0.3, -0.25) is 4.79 Å². The molecule has 2 aromatic rings. The molecule has 0 unspecified atom stereocenters. The first-order valence-corrected chi connectivity index (χ1v) is 5.78. The Labute approximate surface area is 109 Å². The number of ether oxygens (including phenoxy) is 1. The minimum absolute atomic E-state index is 0.0848. The van der Waals surface area contributed by atoms with Crippen molar-refractivity contribution in [3.05, 3.63) is 71.3 Å². The van der Waals surface area contributed by atoms with E-state index in [-0.39, 0.29) is 24.7 Å². The van der Waals surface area contributed by atoms with Crippen LogP contribution in [0.25, 0.3) is 0 Å². The number of benzene rings is 2. The van der Waals surface area contributed by atoms with Crippen LogP contribution in [-0.4, -0.2) is 5.97 Å². The number of hydrogen-bond donors (Lipinski definition) is 0. The van der Waals surface area contributed by atoms with Gasteiger partial charge in [0.25, 0.3) is 0 Å². The minimum atomic E-state index is -0.407. The standard InChI is InChI=1S/C15H12F2O2/c16-13-5-1-11(2-6-13)9-15(18)19-10-12-3-7-14(17)8-4-12/h1-8H,9-10H2. The van der Waals surface area contributed by atoms with Gasteiger partial charge < -0.3 is 4.74 Å². The third kappa shape index (κ3) is 4.17. The quantitative estimate of drug-likeness (QED) is 0.791. The highest BCUT2D eigenvalue weighted by molar-refractivity contribution is 5.72. The van der Waals surface area contributed by atoms with Gasteiger partial charge in [0, 0.05) is 0 Å². The molecular weight excluding hydrogens is 250 g/mol. The molecule has 2 rings (SSSR count). The summed E-state index contributed by atoms with van der Waals surface area (Å²) in [5.74, 6) is -1.08. The molecule has 0 aromatic heterocycles. The first kappa shape index (κ1) is 13.2. The van der Waals surface area contributed by atoms with Gasteiger partial charge in [0.1, 0.15) is 18.2 Å². The zero-order valence-electron chi connectivity index (χ0n) is 10.1. The Balaban J connectivity index is 1.84. The molecule has 2 aromatic carbocycles. The molecule has 0 saturated carbocycles. The molecule has 0 heterocycles. The number of esters is 1. The molecule has 19 heavy (non-hydrogen) atoms. The van der Waals surface area contributed by atoms with Crippen molar-refractivity contribution in [2.24, 2.45) is 0 Å². The minimum Gasteiger partial charge on any atom is -0.461 e. The Bertz CT molecular complexity index is 547. The van der Waals surface area contributed by atoms with Gasteiger partial charge in [-0.2, -0.15) is 0 Å². The van der Waals surface area contributed by atoms with Crippen LogP contribution in [0, 0.1) is 11.6 Å². The van der Waals surface area contributed by atoms with Gasteiger partial charge in [-0.1, -0.05) is 24.3 Å². The lowest BCUT2D eigenvalue weighted by atomic mass is 10.1. The van der Waals surface area contributed by atoms with E-state index >= 15 is 0 Å². The van der Waals surface area contributed by atoms with Crippen LogP contribution in [0.2, 0.25) is 0 Å². The average Bonchev–Trinajstić information content (AvgIpc) is 2.41. The Morgan fingerprint density at radius 3 is 1.84 bits per heavy atom. The number of carbonyl (C=O) groups excluding carboxylic acids is 1. The molecule has 0 aliphatic rings. The molecule has 0 aliphatic carbocycles. The Morgan fingerprint density at radius 1 is 0.842 bits per heavy atom. The summed E-state index contributed by atoms with van der Waals surface area (Å²) in [6, 6.07) is 11.4. The highest BCUT2D eigenvalue weighted by atomic mass is 19.1. The summed E-state index contributed by atoms with van der Waals surface area (Å²) >= 11 is 0.